The minimum atomic E-state index is -1.27. The molecule has 2 rings (SSSR count). The molecule has 0 aliphatic rings. The van der Waals surface area contributed by atoms with Crippen LogP contribution in [0.15, 0.2) is 24.3 Å². The minimum Gasteiger partial charge on any atom is -0.479 e. The van der Waals surface area contributed by atoms with Crippen LogP contribution in [0, 0.1) is 12.7 Å². The van der Waals surface area contributed by atoms with Crippen LogP contribution in [0.5, 0.6) is 0 Å². The van der Waals surface area contributed by atoms with Gasteiger partial charge in [-0.05, 0) is 36.1 Å². The second kappa shape index (κ2) is 6.82. The third kappa shape index (κ3) is 3.61. The van der Waals surface area contributed by atoms with Gasteiger partial charge in [0.15, 0.2) is 6.04 Å². The van der Waals surface area contributed by atoms with Gasteiger partial charge in [0, 0.05) is 7.05 Å². The highest BCUT2D eigenvalue weighted by Crippen LogP contribution is 2.19. The summed E-state index contributed by atoms with van der Waals surface area (Å²) in [4.78, 5) is 24.0. The molecule has 128 valence electrons. The van der Waals surface area contributed by atoms with Crippen molar-refractivity contribution in [1.29, 1.82) is 0 Å². The van der Waals surface area contributed by atoms with Crippen molar-refractivity contribution in [3.63, 3.8) is 0 Å². The molecule has 1 aromatic heterocycles. The molecule has 0 radical (unpaired) electrons. The van der Waals surface area contributed by atoms with Crippen molar-refractivity contribution in [2.24, 2.45) is 7.05 Å². The Bertz CT molecular complexity index is 783. The van der Waals surface area contributed by atoms with Crippen LogP contribution in [0.1, 0.15) is 53.1 Å². The van der Waals surface area contributed by atoms with E-state index in [2.05, 4.69) is 10.4 Å². The van der Waals surface area contributed by atoms with E-state index in [9.17, 15) is 19.1 Å². The SMILES string of the molecule is Cc1cc(C(NC(=O)c2cc(C(C)C)nn2C)C(=O)O)ccc1F. The average molecular weight is 333 g/mol. The number of aryl methyl sites for hydroxylation is 2. The number of halogens is 1. The Morgan fingerprint density at radius 2 is 1.96 bits per heavy atom. The van der Waals surface area contributed by atoms with E-state index in [0.717, 1.165) is 5.69 Å². The number of rotatable bonds is 5. The molecule has 2 aromatic rings. The Morgan fingerprint density at radius 1 is 1.29 bits per heavy atom. The molecule has 24 heavy (non-hydrogen) atoms. The van der Waals surface area contributed by atoms with Crippen LogP contribution in [0.3, 0.4) is 0 Å². The van der Waals surface area contributed by atoms with E-state index >= 15 is 0 Å². The molecule has 0 saturated carbocycles. The third-order valence-corrected chi connectivity index (χ3v) is 3.76. The van der Waals surface area contributed by atoms with Gasteiger partial charge in [-0.2, -0.15) is 5.10 Å². The molecule has 6 nitrogen and oxygen atoms in total. The number of carboxylic acid groups (broad SMARTS) is 1. The smallest absolute Gasteiger partial charge is 0.330 e. The molecule has 0 aliphatic heterocycles. The van der Waals surface area contributed by atoms with Gasteiger partial charge < -0.3 is 10.4 Å². The number of benzene rings is 1. The molecule has 1 amide bonds. The molecule has 1 heterocycles. The standard InChI is InChI=1S/C17H20FN3O3/c1-9(2)13-8-14(21(4)20-13)16(22)19-15(17(23)24)11-5-6-12(18)10(3)7-11/h5-9,15H,1-4H3,(H,19,22)(H,23,24). The van der Waals surface area contributed by atoms with Crippen LogP contribution in [0.2, 0.25) is 0 Å². The Hall–Kier alpha value is -2.70. The van der Waals surface area contributed by atoms with Crippen molar-refractivity contribution in [3.8, 4) is 0 Å². The fraction of sp³-hybridized carbons (Fsp3) is 0.353. The zero-order valence-corrected chi connectivity index (χ0v) is 14.0. The van der Waals surface area contributed by atoms with Gasteiger partial charge in [-0.3, -0.25) is 9.48 Å². The molecule has 0 aliphatic carbocycles. The molecule has 0 spiro atoms. The zero-order chi connectivity index (χ0) is 18.0. The second-order valence-electron chi connectivity index (χ2n) is 5.99. The maximum absolute atomic E-state index is 13.4. The number of hydrogen-bond donors (Lipinski definition) is 2. The van der Waals surface area contributed by atoms with Gasteiger partial charge >= 0.3 is 5.97 Å². The first-order chi connectivity index (χ1) is 11.2. The Labute approximate surface area is 139 Å². The molecule has 1 atom stereocenters. The second-order valence-corrected chi connectivity index (χ2v) is 5.99. The minimum absolute atomic E-state index is 0.146. The first-order valence-electron chi connectivity index (χ1n) is 7.54. The van der Waals surface area contributed by atoms with Crippen molar-refractivity contribution in [1.82, 2.24) is 15.1 Å². The van der Waals surface area contributed by atoms with Crippen LogP contribution in [0.25, 0.3) is 0 Å². The lowest BCUT2D eigenvalue weighted by Crippen LogP contribution is -2.34. The number of hydrogen-bond acceptors (Lipinski definition) is 3. The predicted molar refractivity (Wildman–Crippen MR) is 86.3 cm³/mol. The maximum Gasteiger partial charge on any atom is 0.330 e. The predicted octanol–water partition coefficient (Wildman–Crippen LogP) is 2.55. The quantitative estimate of drug-likeness (QED) is 0.881. The molecule has 0 fully saturated rings. The lowest BCUT2D eigenvalue weighted by atomic mass is 10.0. The number of nitrogens with one attached hydrogen (secondary N) is 1. The Morgan fingerprint density at radius 3 is 2.46 bits per heavy atom. The number of amides is 1. The number of aromatic nitrogens is 2. The summed E-state index contributed by atoms with van der Waals surface area (Å²) in [6, 6.07) is 4.32. The normalized spacial score (nSPS) is 12.2. The summed E-state index contributed by atoms with van der Waals surface area (Å²) in [5.41, 5.74) is 1.63. The van der Waals surface area contributed by atoms with Gasteiger partial charge in [-0.15, -0.1) is 0 Å². The van der Waals surface area contributed by atoms with Gasteiger partial charge in [-0.1, -0.05) is 26.0 Å². The summed E-state index contributed by atoms with van der Waals surface area (Å²) in [5.74, 6) is -2.05. The van der Waals surface area contributed by atoms with Gasteiger partial charge in [-0.25, -0.2) is 9.18 Å². The molecule has 0 saturated heterocycles. The van der Waals surface area contributed by atoms with E-state index in [1.807, 2.05) is 13.8 Å². The summed E-state index contributed by atoms with van der Waals surface area (Å²) >= 11 is 0. The van der Waals surface area contributed by atoms with Crippen LogP contribution >= 0.6 is 0 Å². The topological polar surface area (TPSA) is 84.2 Å². The lowest BCUT2D eigenvalue weighted by molar-refractivity contribution is -0.139. The zero-order valence-electron chi connectivity index (χ0n) is 14.0. The van der Waals surface area contributed by atoms with E-state index in [1.165, 1.54) is 29.8 Å². The number of aliphatic carboxylic acids is 1. The van der Waals surface area contributed by atoms with Crippen LogP contribution in [-0.4, -0.2) is 26.8 Å². The lowest BCUT2D eigenvalue weighted by Gasteiger charge is -2.15. The number of carboxylic acids is 1. The van der Waals surface area contributed by atoms with Crippen molar-refractivity contribution < 1.29 is 19.1 Å². The van der Waals surface area contributed by atoms with E-state index in [-0.39, 0.29) is 11.6 Å². The summed E-state index contributed by atoms with van der Waals surface area (Å²) < 4.78 is 14.8. The van der Waals surface area contributed by atoms with Crippen LogP contribution < -0.4 is 5.32 Å². The maximum atomic E-state index is 13.4. The highest BCUT2D eigenvalue weighted by atomic mass is 19.1. The van der Waals surface area contributed by atoms with Crippen molar-refractivity contribution in [2.75, 3.05) is 0 Å². The van der Waals surface area contributed by atoms with Gasteiger partial charge in [0.05, 0.1) is 5.69 Å². The Kier molecular flexibility index (Phi) is 5.02. The van der Waals surface area contributed by atoms with Crippen LogP contribution in [-0.2, 0) is 11.8 Å². The molecular weight excluding hydrogens is 313 g/mol. The average Bonchev–Trinajstić information content (AvgIpc) is 2.89. The Balaban J connectivity index is 2.29. The number of carbonyl (C=O) groups is 2. The van der Waals surface area contributed by atoms with E-state index in [1.54, 1.807) is 13.1 Å². The third-order valence-electron chi connectivity index (χ3n) is 3.76. The highest BCUT2D eigenvalue weighted by molar-refractivity contribution is 5.95. The number of nitrogens with zero attached hydrogens (tertiary/aromatic N) is 2. The van der Waals surface area contributed by atoms with E-state index in [4.69, 9.17) is 0 Å². The van der Waals surface area contributed by atoms with Crippen molar-refractivity contribution >= 4 is 11.9 Å². The van der Waals surface area contributed by atoms with Crippen molar-refractivity contribution in [3.05, 3.63) is 52.6 Å². The summed E-state index contributed by atoms with van der Waals surface area (Å²) in [6.07, 6.45) is 0. The molecule has 0 bridgehead atoms. The molecule has 7 heteroatoms. The first-order valence-corrected chi connectivity index (χ1v) is 7.54. The first kappa shape index (κ1) is 17.7. The summed E-state index contributed by atoms with van der Waals surface area (Å²) in [6.45, 7) is 5.44. The van der Waals surface area contributed by atoms with Crippen molar-refractivity contribution in [2.45, 2.75) is 32.7 Å². The van der Waals surface area contributed by atoms with Gasteiger partial charge in [0.25, 0.3) is 5.91 Å². The summed E-state index contributed by atoms with van der Waals surface area (Å²) in [5, 5.41) is 16.1. The molecule has 1 aromatic carbocycles. The monoisotopic (exact) mass is 333 g/mol. The van der Waals surface area contributed by atoms with Crippen LogP contribution in [0.4, 0.5) is 4.39 Å². The van der Waals surface area contributed by atoms with E-state index < -0.39 is 23.7 Å². The largest absolute Gasteiger partial charge is 0.479 e. The van der Waals surface area contributed by atoms with Gasteiger partial charge in [0.2, 0.25) is 0 Å². The molecular formula is C17H20FN3O3. The fourth-order valence-electron chi connectivity index (χ4n) is 2.32. The summed E-state index contributed by atoms with van der Waals surface area (Å²) in [7, 11) is 1.62. The fourth-order valence-corrected chi connectivity index (χ4v) is 2.32. The highest BCUT2D eigenvalue weighted by Gasteiger charge is 2.25. The van der Waals surface area contributed by atoms with E-state index in [0.29, 0.717) is 11.1 Å². The molecule has 1 unspecified atom stereocenters. The number of carbonyl (C=O) groups excluding carboxylic acids is 1. The van der Waals surface area contributed by atoms with Gasteiger partial charge in [0.1, 0.15) is 11.5 Å². The molecule has 2 N–H and O–H groups in total.